The minimum Gasteiger partial charge on any atom is -0.493 e. The zero-order valence-corrected chi connectivity index (χ0v) is 14.6. The van der Waals surface area contributed by atoms with Crippen molar-refractivity contribution in [3.05, 3.63) is 64.7 Å². The first kappa shape index (κ1) is 17.9. The van der Waals surface area contributed by atoms with Gasteiger partial charge in [0.05, 0.1) is 20.8 Å². The summed E-state index contributed by atoms with van der Waals surface area (Å²) in [5.41, 5.74) is 2.21. The van der Waals surface area contributed by atoms with Gasteiger partial charge in [-0.25, -0.2) is 4.79 Å². The van der Waals surface area contributed by atoms with Crippen molar-refractivity contribution in [3.8, 4) is 11.5 Å². The molecule has 4 nitrogen and oxygen atoms in total. The summed E-state index contributed by atoms with van der Waals surface area (Å²) in [6.07, 6.45) is 1.45. The molecule has 2 aromatic rings. The molecule has 2 aromatic carbocycles. The topological polar surface area (TPSA) is 44.8 Å². The standard InChI is InChI=1S/C19H19ClO4/c1-4-24-18(21)12-16(13-8-10-14(20)11-9-13)15-6-5-7-17(22-2)19(15)23-3/h5-12H,4H2,1-3H3/b16-12-. The highest BCUT2D eigenvalue weighted by Gasteiger charge is 2.16. The van der Waals surface area contributed by atoms with Crippen molar-refractivity contribution >= 4 is 23.1 Å². The third-order valence-corrected chi connectivity index (χ3v) is 3.65. The molecule has 0 unspecified atom stereocenters. The number of carbonyl (C=O) groups is 1. The van der Waals surface area contributed by atoms with E-state index in [9.17, 15) is 4.79 Å². The quantitative estimate of drug-likeness (QED) is 0.576. The molecule has 0 aliphatic carbocycles. The number of esters is 1. The normalized spacial score (nSPS) is 11.1. The summed E-state index contributed by atoms with van der Waals surface area (Å²) in [7, 11) is 3.13. The largest absolute Gasteiger partial charge is 0.493 e. The lowest BCUT2D eigenvalue weighted by Gasteiger charge is -2.15. The van der Waals surface area contributed by atoms with Crippen LogP contribution in [0.3, 0.4) is 0 Å². The Morgan fingerprint density at radius 1 is 1.08 bits per heavy atom. The maximum absolute atomic E-state index is 12.0. The monoisotopic (exact) mass is 346 g/mol. The molecule has 0 aliphatic heterocycles. The minimum absolute atomic E-state index is 0.304. The van der Waals surface area contributed by atoms with E-state index in [1.54, 1.807) is 39.3 Å². The van der Waals surface area contributed by atoms with Crippen LogP contribution in [0.5, 0.6) is 11.5 Å². The highest BCUT2D eigenvalue weighted by atomic mass is 35.5. The summed E-state index contributed by atoms with van der Waals surface area (Å²) >= 11 is 5.97. The molecule has 2 rings (SSSR count). The number of hydrogen-bond acceptors (Lipinski definition) is 4. The van der Waals surface area contributed by atoms with Gasteiger partial charge in [0, 0.05) is 16.7 Å². The second-order valence-electron chi connectivity index (χ2n) is 4.86. The molecular formula is C19H19ClO4. The molecule has 0 saturated heterocycles. The van der Waals surface area contributed by atoms with E-state index >= 15 is 0 Å². The van der Waals surface area contributed by atoms with Crippen LogP contribution in [-0.4, -0.2) is 26.8 Å². The number of hydrogen-bond donors (Lipinski definition) is 0. The van der Waals surface area contributed by atoms with Crippen molar-refractivity contribution in [2.24, 2.45) is 0 Å². The van der Waals surface area contributed by atoms with Crippen LogP contribution in [0, 0.1) is 0 Å². The molecule has 24 heavy (non-hydrogen) atoms. The number of ether oxygens (including phenoxy) is 3. The zero-order chi connectivity index (χ0) is 17.5. The van der Waals surface area contributed by atoms with Gasteiger partial charge < -0.3 is 14.2 Å². The van der Waals surface area contributed by atoms with Crippen LogP contribution in [-0.2, 0) is 9.53 Å². The lowest BCUT2D eigenvalue weighted by molar-refractivity contribution is -0.137. The van der Waals surface area contributed by atoms with Gasteiger partial charge in [0.2, 0.25) is 0 Å². The maximum Gasteiger partial charge on any atom is 0.331 e. The molecule has 0 radical (unpaired) electrons. The van der Waals surface area contributed by atoms with Gasteiger partial charge in [0.25, 0.3) is 0 Å². The molecule has 0 aliphatic rings. The average molecular weight is 347 g/mol. The molecule has 0 saturated carbocycles. The SMILES string of the molecule is CCOC(=O)/C=C(/c1ccc(Cl)cc1)c1cccc(OC)c1OC. The van der Waals surface area contributed by atoms with Crippen LogP contribution in [0.15, 0.2) is 48.5 Å². The van der Waals surface area contributed by atoms with Gasteiger partial charge >= 0.3 is 5.97 Å². The van der Waals surface area contributed by atoms with Crippen LogP contribution in [0.2, 0.25) is 5.02 Å². The maximum atomic E-state index is 12.0. The Morgan fingerprint density at radius 3 is 2.38 bits per heavy atom. The molecule has 0 spiro atoms. The number of carbonyl (C=O) groups excluding carboxylic acids is 1. The molecule has 0 N–H and O–H groups in total. The van der Waals surface area contributed by atoms with E-state index in [1.165, 1.54) is 6.08 Å². The third-order valence-electron chi connectivity index (χ3n) is 3.40. The van der Waals surface area contributed by atoms with E-state index < -0.39 is 5.97 Å². The highest BCUT2D eigenvalue weighted by Crippen LogP contribution is 2.38. The fourth-order valence-electron chi connectivity index (χ4n) is 2.35. The Kier molecular flexibility index (Phi) is 6.27. The average Bonchev–Trinajstić information content (AvgIpc) is 2.60. The Balaban J connectivity index is 2.63. The van der Waals surface area contributed by atoms with Gasteiger partial charge in [-0.05, 0) is 36.3 Å². The molecular weight excluding hydrogens is 328 g/mol. The molecule has 0 fully saturated rings. The lowest BCUT2D eigenvalue weighted by Crippen LogP contribution is -2.03. The summed E-state index contributed by atoms with van der Waals surface area (Å²) < 4.78 is 15.9. The van der Waals surface area contributed by atoms with Crippen molar-refractivity contribution in [2.75, 3.05) is 20.8 Å². The van der Waals surface area contributed by atoms with Crippen LogP contribution in [0.4, 0.5) is 0 Å². The third kappa shape index (κ3) is 4.09. The number of para-hydroxylation sites is 1. The molecule has 0 heterocycles. The van der Waals surface area contributed by atoms with E-state index in [1.807, 2.05) is 24.3 Å². The van der Waals surface area contributed by atoms with Gasteiger partial charge in [-0.1, -0.05) is 35.9 Å². The number of benzene rings is 2. The van der Waals surface area contributed by atoms with Crippen molar-refractivity contribution in [1.82, 2.24) is 0 Å². The number of halogens is 1. The molecule has 0 atom stereocenters. The van der Waals surface area contributed by atoms with E-state index in [0.717, 1.165) is 11.1 Å². The Bertz CT molecular complexity index is 736. The molecule has 0 amide bonds. The van der Waals surface area contributed by atoms with Crippen molar-refractivity contribution in [1.29, 1.82) is 0 Å². The minimum atomic E-state index is -0.424. The van der Waals surface area contributed by atoms with Crippen LogP contribution in [0.1, 0.15) is 18.1 Å². The van der Waals surface area contributed by atoms with Gasteiger partial charge in [-0.15, -0.1) is 0 Å². The Labute approximate surface area is 146 Å². The van der Waals surface area contributed by atoms with E-state index in [0.29, 0.717) is 28.7 Å². The summed E-state index contributed by atoms with van der Waals surface area (Å²) in [6, 6.07) is 12.7. The van der Waals surface area contributed by atoms with Crippen molar-refractivity contribution < 1.29 is 19.0 Å². The van der Waals surface area contributed by atoms with Crippen LogP contribution < -0.4 is 9.47 Å². The van der Waals surface area contributed by atoms with E-state index in [4.69, 9.17) is 25.8 Å². The van der Waals surface area contributed by atoms with Crippen molar-refractivity contribution in [3.63, 3.8) is 0 Å². The second kappa shape index (κ2) is 8.41. The fraction of sp³-hybridized carbons (Fsp3) is 0.211. The molecule has 126 valence electrons. The lowest BCUT2D eigenvalue weighted by atomic mass is 9.96. The predicted octanol–water partition coefficient (Wildman–Crippen LogP) is 4.35. The molecule has 0 bridgehead atoms. The first-order chi connectivity index (χ1) is 11.6. The first-order valence-electron chi connectivity index (χ1n) is 7.46. The Hall–Kier alpha value is -2.46. The molecule has 0 aromatic heterocycles. The number of rotatable bonds is 6. The number of methoxy groups -OCH3 is 2. The van der Waals surface area contributed by atoms with Crippen LogP contribution in [0.25, 0.3) is 5.57 Å². The smallest absolute Gasteiger partial charge is 0.331 e. The summed E-state index contributed by atoms with van der Waals surface area (Å²) in [6.45, 7) is 2.07. The highest BCUT2D eigenvalue weighted by molar-refractivity contribution is 6.30. The fourth-order valence-corrected chi connectivity index (χ4v) is 2.47. The van der Waals surface area contributed by atoms with Crippen molar-refractivity contribution in [2.45, 2.75) is 6.92 Å². The first-order valence-corrected chi connectivity index (χ1v) is 7.84. The zero-order valence-electron chi connectivity index (χ0n) is 13.8. The van der Waals surface area contributed by atoms with Gasteiger partial charge in [-0.3, -0.25) is 0 Å². The predicted molar refractivity (Wildman–Crippen MR) is 94.7 cm³/mol. The molecule has 5 heteroatoms. The summed E-state index contributed by atoms with van der Waals surface area (Å²) in [5.74, 6) is 0.705. The van der Waals surface area contributed by atoms with E-state index in [2.05, 4.69) is 0 Å². The summed E-state index contributed by atoms with van der Waals surface area (Å²) in [4.78, 5) is 12.0. The Morgan fingerprint density at radius 2 is 1.79 bits per heavy atom. The van der Waals surface area contributed by atoms with Gasteiger partial charge in [0.15, 0.2) is 11.5 Å². The second-order valence-corrected chi connectivity index (χ2v) is 5.29. The van der Waals surface area contributed by atoms with Gasteiger partial charge in [-0.2, -0.15) is 0 Å². The van der Waals surface area contributed by atoms with Gasteiger partial charge in [0.1, 0.15) is 0 Å². The van der Waals surface area contributed by atoms with Crippen LogP contribution >= 0.6 is 11.6 Å². The summed E-state index contributed by atoms with van der Waals surface area (Å²) in [5, 5.41) is 0.617. The van der Waals surface area contributed by atoms with E-state index in [-0.39, 0.29) is 0 Å².